The van der Waals surface area contributed by atoms with Crippen LogP contribution in [-0.2, 0) is 16.4 Å². The van der Waals surface area contributed by atoms with Gasteiger partial charge in [-0.25, -0.2) is 22.7 Å². The highest BCUT2D eigenvalue weighted by atomic mass is 32.2. The Morgan fingerprint density at radius 2 is 1.79 bits per heavy atom. The SMILES string of the molecule is CCc1nc2ccc(C3CCN(S(C)(=O)=O)CC3)cn2c1N(C)c1nc(-c2ccc(OC(F)(F)F)cc2)cs1. The van der Waals surface area contributed by atoms with Crippen LogP contribution in [0.2, 0.25) is 0 Å². The number of aryl methyl sites for hydroxylation is 1. The normalized spacial score (nSPS) is 15.6. The van der Waals surface area contributed by atoms with Crippen LogP contribution in [0.4, 0.5) is 24.1 Å². The quantitative estimate of drug-likeness (QED) is 0.274. The number of rotatable bonds is 7. The van der Waals surface area contributed by atoms with Crippen LogP contribution in [0.25, 0.3) is 16.9 Å². The Labute approximate surface area is 228 Å². The molecule has 1 aliphatic heterocycles. The molecule has 0 spiro atoms. The Kier molecular flexibility index (Phi) is 7.33. The third-order valence-corrected chi connectivity index (χ3v) is 9.12. The molecule has 0 bridgehead atoms. The van der Waals surface area contributed by atoms with Crippen LogP contribution in [0.5, 0.6) is 5.75 Å². The maximum atomic E-state index is 12.5. The number of thiazole rings is 1. The van der Waals surface area contributed by atoms with E-state index in [9.17, 15) is 21.6 Å². The maximum Gasteiger partial charge on any atom is 0.573 e. The number of halogens is 3. The molecular formula is C26H28F3N5O3S2. The molecule has 4 aromatic rings. The van der Waals surface area contributed by atoms with Gasteiger partial charge in [-0.05, 0) is 61.1 Å². The number of alkyl halides is 3. The zero-order valence-corrected chi connectivity index (χ0v) is 23.3. The van der Waals surface area contributed by atoms with Crippen molar-refractivity contribution in [2.45, 2.75) is 38.5 Å². The predicted octanol–water partition coefficient (Wildman–Crippen LogP) is 5.83. The summed E-state index contributed by atoms with van der Waals surface area (Å²) in [5.74, 6) is 0.849. The van der Waals surface area contributed by atoms with Gasteiger partial charge in [-0.15, -0.1) is 24.5 Å². The summed E-state index contributed by atoms with van der Waals surface area (Å²) in [5, 5.41) is 2.57. The lowest BCUT2D eigenvalue weighted by atomic mass is 9.91. The molecule has 5 rings (SSSR count). The van der Waals surface area contributed by atoms with E-state index in [2.05, 4.69) is 21.4 Å². The number of nitrogens with zero attached hydrogens (tertiary/aromatic N) is 5. The van der Waals surface area contributed by atoms with Crippen molar-refractivity contribution in [2.24, 2.45) is 0 Å². The number of aromatic nitrogens is 3. The molecule has 0 aliphatic carbocycles. The zero-order chi connectivity index (χ0) is 27.9. The summed E-state index contributed by atoms with van der Waals surface area (Å²) in [6, 6.07) is 9.70. The summed E-state index contributed by atoms with van der Waals surface area (Å²) in [5.41, 5.74) is 4.17. The highest BCUT2D eigenvalue weighted by Gasteiger charge is 2.31. The van der Waals surface area contributed by atoms with Gasteiger partial charge in [-0.2, -0.15) is 0 Å². The van der Waals surface area contributed by atoms with Crippen LogP contribution in [0.15, 0.2) is 48.0 Å². The lowest BCUT2D eigenvalue weighted by molar-refractivity contribution is -0.274. The van der Waals surface area contributed by atoms with Gasteiger partial charge in [-0.3, -0.25) is 4.40 Å². The van der Waals surface area contributed by atoms with E-state index in [4.69, 9.17) is 9.97 Å². The van der Waals surface area contributed by atoms with E-state index >= 15 is 0 Å². The first-order valence-corrected chi connectivity index (χ1v) is 15.2. The molecule has 8 nitrogen and oxygen atoms in total. The molecule has 1 fully saturated rings. The lowest BCUT2D eigenvalue weighted by Crippen LogP contribution is -2.37. The van der Waals surface area contributed by atoms with E-state index in [0.717, 1.165) is 35.6 Å². The Morgan fingerprint density at radius 1 is 1.10 bits per heavy atom. The van der Waals surface area contributed by atoms with Crippen molar-refractivity contribution >= 4 is 38.0 Å². The van der Waals surface area contributed by atoms with Crippen molar-refractivity contribution in [1.82, 2.24) is 18.7 Å². The summed E-state index contributed by atoms with van der Waals surface area (Å²) in [6.45, 7) is 3.05. The van der Waals surface area contributed by atoms with E-state index in [-0.39, 0.29) is 11.7 Å². The second-order valence-electron chi connectivity index (χ2n) is 9.51. The van der Waals surface area contributed by atoms with Crippen molar-refractivity contribution in [3.05, 3.63) is 59.2 Å². The van der Waals surface area contributed by atoms with Crippen molar-refractivity contribution in [3.63, 3.8) is 0 Å². The average Bonchev–Trinajstić information content (AvgIpc) is 3.52. The molecule has 4 heterocycles. The second kappa shape index (κ2) is 10.4. The number of imidazole rings is 1. The number of piperidine rings is 1. The van der Waals surface area contributed by atoms with Crippen LogP contribution in [0.1, 0.15) is 36.9 Å². The van der Waals surface area contributed by atoms with Crippen molar-refractivity contribution in [1.29, 1.82) is 0 Å². The fraction of sp³-hybridized carbons (Fsp3) is 0.385. The van der Waals surface area contributed by atoms with Crippen LogP contribution in [0.3, 0.4) is 0 Å². The molecule has 1 saturated heterocycles. The molecule has 39 heavy (non-hydrogen) atoms. The summed E-state index contributed by atoms with van der Waals surface area (Å²) in [7, 11) is -1.27. The van der Waals surface area contributed by atoms with E-state index in [1.54, 1.807) is 12.1 Å². The Morgan fingerprint density at radius 3 is 2.41 bits per heavy atom. The van der Waals surface area contributed by atoms with Gasteiger partial charge in [0, 0.05) is 37.3 Å². The molecule has 1 aromatic carbocycles. The lowest BCUT2D eigenvalue weighted by Gasteiger charge is -2.30. The highest BCUT2D eigenvalue weighted by molar-refractivity contribution is 7.88. The fourth-order valence-electron chi connectivity index (χ4n) is 4.92. The van der Waals surface area contributed by atoms with Gasteiger partial charge in [0.1, 0.15) is 17.2 Å². The number of hydrogen-bond acceptors (Lipinski definition) is 7. The van der Waals surface area contributed by atoms with E-state index in [0.29, 0.717) is 35.9 Å². The Hall–Kier alpha value is -3.16. The van der Waals surface area contributed by atoms with E-state index in [1.807, 2.05) is 30.3 Å². The minimum absolute atomic E-state index is 0.244. The molecule has 3 aromatic heterocycles. The Balaban J connectivity index is 1.41. The summed E-state index contributed by atoms with van der Waals surface area (Å²) >= 11 is 1.43. The largest absolute Gasteiger partial charge is 0.573 e. The minimum atomic E-state index is -4.74. The summed E-state index contributed by atoms with van der Waals surface area (Å²) in [6.07, 6.45) is 0.810. The number of ether oxygens (including phenoxy) is 1. The van der Waals surface area contributed by atoms with Gasteiger partial charge in [-0.1, -0.05) is 13.0 Å². The van der Waals surface area contributed by atoms with Crippen LogP contribution >= 0.6 is 11.3 Å². The first-order valence-electron chi connectivity index (χ1n) is 12.4. The molecule has 0 atom stereocenters. The number of hydrogen-bond donors (Lipinski definition) is 0. The maximum absolute atomic E-state index is 12.5. The number of anilines is 2. The molecule has 13 heteroatoms. The minimum Gasteiger partial charge on any atom is -0.406 e. The van der Waals surface area contributed by atoms with Crippen LogP contribution < -0.4 is 9.64 Å². The topological polar surface area (TPSA) is 80.0 Å². The number of pyridine rings is 1. The standard InChI is InChI=1S/C26H28F3N5O3S2/c1-4-21-24(32(2)25-31-22(16-38-25)18-5-8-20(9-6-18)37-26(27,28)29)34-15-19(7-10-23(34)30-21)17-11-13-33(14-12-17)39(3,35)36/h5-10,15-17H,4,11-14H2,1-3H3. The molecule has 0 saturated carbocycles. The smallest absolute Gasteiger partial charge is 0.406 e. The van der Waals surface area contributed by atoms with Crippen molar-refractivity contribution < 1.29 is 26.3 Å². The number of fused-ring (bicyclic) bond motifs is 1. The molecule has 0 unspecified atom stereocenters. The van der Waals surface area contributed by atoms with Crippen molar-refractivity contribution in [2.75, 3.05) is 31.3 Å². The first kappa shape index (κ1) is 27.4. The third kappa shape index (κ3) is 5.89. The van der Waals surface area contributed by atoms with Crippen LogP contribution in [0, 0.1) is 0 Å². The molecule has 0 amide bonds. The molecule has 208 valence electrons. The zero-order valence-electron chi connectivity index (χ0n) is 21.6. The van der Waals surface area contributed by atoms with Crippen molar-refractivity contribution in [3.8, 4) is 17.0 Å². The van der Waals surface area contributed by atoms with Gasteiger partial charge in [0.25, 0.3) is 0 Å². The van der Waals surface area contributed by atoms with E-state index in [1.165, 1.54) is 34.0 Å². The van der Waals surface area contributed by atoms with Gasteiger partial charge >= 0.3 is 6.36 Å². The van der Waals surface area contributed by atoms with Gasteiger partial charge in [0.2, 0.25) is 10.0 Å². The van der Waals surface area contributed by atoms with Gasteiger partial charge in [0.05, 0.1) is 17.6 Å². The second-order valence-corrected chi connectivity index (χ2v) is 12.3. The fourth-order valence-corrected chi connectivity index (χ4v) is 6.60. The van der Waals surface area contributed by atoms with Crippen LogP contribution in [-0.4, -0.2) is 59.8 Å². The molecular weight excluding hydrogens is 551 g/mol. The summed E-state index contributed by atoms with van der Waals surface area (Å²) in [4.78, 5) is 11.5. The summed E-state index contributed by atoms with van der Waals surface area (Å²) < 4.78 is 68.8. The van der Waals surface area contributed by atoms with Gasteiger partial charge < -0.3 is 9.64 Å². The first-order chi connectivity index (χ1) is 18.4. The monoisotopic (exact) mass is 579 g/mol. The van der Waals surface area contributed by atoms with E-state index < -0.39 is 16.4 Å². The average molecular weight is 580 g/mol. The predicted molar refractivity (Wildman–Crippen MR) is 145 cm³/mol. The number of benzene rings is 1. The Bertz CT molecular complexity index is 1570. The molecule has 0 N–H and O–H groups in total. The molecule has 1 aliphatic rings. The highest BCUT2D eigenvalue weighted by Crippen LogP contribution is 2.36. The van der Waals surface area contributed by atoms with Gasteiger partial charge in [0.15, 0.2) is 5.13 Å². The molecule has 0 radical (unpaired) electrons. The third-order valence-electron chi connectivity index (χ3n) is 6.90. The number of sulfonamides is 1.